The van der Waals surface area contributed by atoms with Gasteiger partial charge >= 0.3 is 0 Å². The van der Waals surface area contributed by atoms with Crippen molar-refractivity contribution in [3.8, 4) is 0 Å². The van der Waals surface area contributed by atoms with Gasteiger partial charge in [-0.05, 0) is 13.8 Å². The van der Waals surface area contributed by atoms with Crippen molar-refractivity contribution in [1.29, 1.82) is 0 Å². The zero-order chi connectivity index (χ0) is 13.5. The highest BCUT2D eigenvalue weighted by Gasteiger charge is 2.10. The van der Waals surface area contributed by atoms with Gasteiger partial charge in [0.2, 0.25) is 5.91 Å². The lowest BCUT2D eigenvalue weighted by Gasteiger charge is -2.06. The Morgan fingerprint density at radius 2 is 2.17 bits per heavy atom. The standard InChI is InChI=1S/C12H22N4O2/c1-9-11(10(2)16(3)15-9)8-14-12(17)4-6-18-7-5-13/h4-8,13H2,1-3H3,(H,14,17). The number of carbonyl (C=O) groups excluding carboxylic acids is 1. The van der Waals surface area contributed by atoms with E-state index >= 15 is 0 Å². The van der Waals surface area contributed by atoms with Crippen LogP contribution in [0.1, 0.15) is 23.4 Å². The minimum absolute atomic E-state index is 0.0188. The van der Waals surface area contributed by atoms with Crippen molar-refractivity contribution >= 4 is 5.91 Å². The Morgan fingerprint density at radius 1 is 1.44 bits per heavy atom. The second kappa shape index (κ2) is 7.13. The van der Waals surface area contributed by atoms with Crippen LogP contribution in [0.3, 0.4) is 0 Å². The summed E-state index contributed by atoms with van der Waals surface area (Å²) in [7, 11) is 1.90. The number of hydrogen-bond donors (Lipinski definition) is 2. The lowest BCUT2D eigenvalue weighted by Crippen LogP contribution is -2.25. The van der Waals surface area contributed by atoms with E-state index < -0.39 is 0 Å². The molecular weight excluding hydrogens is 232 g/mol. The van der Waals surface area contributed by atoms with Crippen LogP contribution in [0, 0.1) is 13.8 Å². The lowest BCUT2D eigenvalue weighted by atomic mass is 10.2. The maximum atomic E-state index is 11.6. The van der Waals surface area contributed by atoms with Crippen LogP contribution in [0.15, 0.2) is 0 Å². The van der Waals surface area contributed by atoms with Crippen molar-refractivity contribution in [3.63, 3.8) is 0 Å². The third-order valence-corrected chi connectivity index (χ3v) is 2.86. The first-order valence-electron chi connectivity index (χ1n) is 6.09. The van der Waals surface area contributed by atoms with Crippen molar-refractivity contribution in [2.45, 2.75) is 26.8 Å². The second-order valence-electron chi connectivity index (χ2n) is 4.20. The maximum absolute atomic E-state index is 11.6. The quantitative estimate of drug-likeness (QED) is 0.672. The molecule has 0 radical (unpaired) electrons. The monoisotopic (exact) mass is 254 g/mol. The Hall–Kier alpha value is -1.40. The highest BCUT2D eigenvalue weighted by Crippen LogP contribution is 2.11. The van der Waals surface area contributed by atoms with Crippen molar-refractivity contribution in [2.24, 2.45) is 12.8 Å². The number of aromatic nitrogens is 2. The fourth-order valence-electron chi connectivity index (χ4n) is 1.70. The molecule has 0 fully saturated rings. The molecule has 3 N–H and O–H groups in total. The molecular formula is C12H22N4O2. The Kier molecular flexibility index (Phi) is 5.80. The van der Waals surface area contributed by atoms with E-state index in [9.17, 15) is 4.79 Å². The molecule has 18 heavy (non-hydrogen) atoms. The summed E-state index contributed by atoms with van der Waals surface area (Å²) in [5, 5.41) is 7.17. The third kappa shape index (κ3) is 4.12. The minimum Gasteiger partial charge on any atom is -0.380 e. The van der Waals surface area contributed by atoms with Crippen LogP contribution in [-0.4, -0.2) is 35.4 Å². The number of rotatable bonds is 7. The summed E-state index contributed by atoms with van der Waals surface area (Å²) in [5.74, 6) is -0.0188. The third-order valence-electron chi connectivity index (χ3n) is 2.86. The maximum Gasteiger partial charge on any atom is 0.222 e. The molecule has 102 valence electrons. The van der Waals surface area contributed by atoms with Crippen LogP contribution in [0.4, 0.5) is 0 Å². The van der Waals surface area contributed by atoms with Gasteiger partial charge in [-0.3, -0.25) is 9.48 Å². The first kappa shape index (κ1) is 14.7. The SMILES string of the molecule is Cc1nn(C)c(C)c1CNC(=O)CCOCCN. The van der Waals surface area contributed by atoms with E-state index in [0.717, 1.165) is 17.0 Å². The summed E-state index contributed by atoms with van der Waals surface area (Å²) in [6.45, 7) is 5.84. The molecule has 0 saturated heterocycles. The van der Waals surface area contributed by atoms with Crippen LogP contribution in [0.2, 0.25) is 0 Å². The van der Waals surface area contributed by atoms with E-state index in [4.69, 9.17) is 10.5 Å². The number of hydrogen-bond acceptors (Lipinski definition) is 4. The van der Waals surface area contributed by atoms with Gasteiger partial charge in [0.05, 0.1) is 18.9 Å². The number of nitrogens with zero attached hydrogens (tertiary/aromatic N) is 2. The van der Waals surface area contributed by atoms with E-state index in [1.807, 2.05) is 25.6 Å². The molecule has 1 aromatic heterocycles. The number of nitrogens with one attached hydrogen (secondary N) is 1. The van der Waals surface area contributed by atoms with Crippen LogP contribution < -0.4 is 11.1 Å². The summed E-state index contributed by atoms with van der Waals surface area (Å²) >= 11 is 0. The molecule has 0 aliphatic rings. The van der Waals surface area contributed by atoms with E-state index in [1.54, 1.807) is 0 Å². The Morgan fingerprint density at radius 3 is 2.72 bits per heavy atom. The summed E-state index contributed by atoms with van der Waals surface area (Å²) in [4.78, 5) is 11.6. The van der Waals surface area contributed by atoms with E-state index in [1.165, 1.54) is 0 Å². The van der Waals surface area contributed by atoms with Crippen molar-refractivity contribution in [1.82, 2.24) is 15.1 Å². The fourth-order valence-corrected chi connectivity index (χ4v) is 1.70. The minimum atomic E-state index is -0.0188. The van der Waals surface area contributed by atoms with Gasteiger partial charge in [-0.2, -0.15) is 5.10 Å². The molecule has 0 spiro atoms. The van der Waals surface area contributed by atoms with Crippen molar-refractivity contribution in [2.75, 3.05) is 19.8 Å². The van der Waals surface area contributed by atoms with Gasteiger partial charge in [0, 0.05) is 37.8 Å². The predicted octanol–water partition coefficient (Wildman–Crippen LogP) is 0.0185. The molecule has 0 saturated carbocycles. The summed E-state index contributed by atoms with van der Waals surface area (Å²) in [6.07, 6.45) is 0.359. The normalized spacial score (nSPS) is 10.7. The first-order valence-corrected chi connectivity index (χ1v) is 6.09. The number of carbonyl (C=O) groups is 1. The number of ether oxygens (including phenoxy) is 1. The predicted molar refractivity (Wildman–Crippen MR) is 69.0 cm³/mol. The molecule has 0 aromatic carbocycles. The summed E-state index contributed by atoms with van der Waals surface area (Å²) in [6, 6.07) is 0. The molecule has 0 atom stereocenters. The van der Waals surface area contributed by atoms with Gasteiger partial charge in [-0.1, -0.05) is 0 Å². The highest BCUT2D eigenvalue weighted by molar-refractivity contribution is 5.76. The number of nitrogens with two attached hydrogens (primary N) is 1. The van der Waals surface area contributed by atoms with Gasteiger partial charge in [-0.25, -0.2) is 0 Å². The first-order chi connectivity index (χ1) is 8.56. The zero-order valence-electron chi connectivity index (χ0n) is 11.3. The molecule has 0 unspecified atom stereocenters. The number of aryl methyl sites for hydroxylation is 2. The second-order valence-corrected chi connectivity index (χ2v) is 4.20. The molecule has 6 nitrogen and oxygen atoms in total. The average Bonchev–Trinajstić information content (AvgIpc) is 2.57. The topological polar surface area (TPSA) is 82.2 Å². The molecule has 1 rings (SSSR count). The molecule has 0 aliphatic heterocycles. The smallest absolute Gasteiger partial charge is 0.222 e. The van der Waals surface area contributed by atoms with Gasteiger partial charge < -0.3 is 15.8 Å². The molecule has 1 aromatic rings. The van der Waals surface area contributed by atoms with Gasteiger partial charge in [-0.15, -0.1) is 0 Å². The highest BCUT2D eigenvalue weighted by atomic mass is 16.5. The van der Waals surface area contributed by atoms with E-state index in [-0.39, 0.29) is 5.91 Å². The Balaban J connectivity index is 2.34. The Bertz CT molecular complexity index is 401. The van der Waals surface area contributed by atoms with Crippen LogP contribution in [0.25, 0.3) is 0 Å². The van der Waals surface area contributed by atoms with Gasteiger partial charge in [0.25, 0.3) is 0 Å². The van der Waals surface area contributed by atoms with Crippen molar-refractivity contribution in [3.05, 3.63) is 17.0 Å². The van der Waals surface area contributed by atoms with Crippen LogP contribution in [-0.2, 0) is 23.1 Å². The molecule has 1 heterocycles. The van der Waals surface area contributed by atoms with Crippen molar-refractivity contribution < 1.29 is 9.53 Å². The largest absolute Gasteiger partial charge is 0.380 e. The molecule has 0 aliphatic carbocycles. The summed E-state index contributed by atoms with van der Waals surface area (Å²) in [5.41, 5.74) is 8.39. The molecule has 6 heteroatoms. The van der Waals surface area contributed by atoms with Gasteiger partial charge in [0.15, 0.2) is 0 Å². The van der Waals surface area contributed by atoms with Gasteiger partial charge in [0.1, 0.15) is 0 Å². The molecule has 0 bridgehead atoms. The summed E-state index contributed by atoms with van der Waals surface area (Å²) < 4.78 is 6.98. The van der Waals surface area contributed by atoms with Crippen LogP contribution >= 0.6 is 0 Å². The fraction of sp³-hybridized carbons (Fsp3) is 0.667. The Labute approximate surface area is 107 Å². The lowest BCUT2D eigenvalue weighted by molar-refractivity contribution is -0.122. The zero-order valence-corrected chi connectivity index (χ0v) is 11.3. The van der Waals surface area contributed by atoms with Crippen LogP contribution in [0.5, 0.6) is 0 Å². The molecule has 1 amide bonds. The van der Waals surface area contributed by atoms with E-state index in [0.29, 0.717) is 32.7 Å². The average molecular weight is 254 g/mol. The number of amides is 1. The van der Waals surface area contributed by atoms with E-state index in [2.05, 4.69) is 10.4 Å².